The maximum atomic E-state index is 5.29. The Morgan fingerprint density at radius 2 is 2.06 bits per heavy atom. The minimum absolute atomic E-state index is 0.274. The van der Waals surface area contributed by atoms with Gasteiger partial charge in [0.15, 0.2) is 0 Å². The molecule has 0 unspecified atom stereocenters. The summed E-state index contributed by atoms with van der Waals surface area (Å²) in [6, 6.07) is 1.83. The highest BCUT2D eigenvalue weighted by Gasteiger charge is 2.11. The van der Waals surface area contributed by atoms with Gasteiger partial charge in [-0.2, -0.15) is 0 Å². The van der Waals surface area contributed by atoms with Crippen LogP contribution in [0.1, 0.15) is 31.5 Å². The van der Waals surface area contributed by atoms with Crippen LogP contribution in [0.15, 0.2) is 25.3 Å². The Kier molecular flexibility index (Phi) is 3.78. The van der Waals surface area contributed by atoms with E-state index in [2.05, 4.69) is 36.1 Å². The second-order valence-corrected chi connectivity index (χ2v) is 5.51. The zero-order chi connectivity index (χ0) is 12.4. The van der Waals surface area contributed by atoms with Crippen molar-refractivity contribution in [3.8, 4) is 0 Å². The van der Waals surface area contributed by atoms with Crippen LogP contribution in [0.5, 0.6) is 0 Å². The maximum Gasteiger partial charge on any atom is 0.282 e. The van der Waals surface area contributed by atoms with Gasteiger partial charge >= 0.3 is 0 Å². The van der Waals surface area contributed by atoms with Crippen LogP contribution in [0.2, 0.25) is 0 Å². The summed E-state index contributed by atoms with van der Waals surface area (Å²) < 4.78 is 6.05. The SMILES string of the molecule is Cc1nnc(Sc2cc(Br)nc(C(C)C)n2)o1. The minimum Gasteiger partial charge on any atom is -0.416 e. The largest absolute Gasteiger partial charge is 0.416 e. The number of aromatic nitrogens is 4. The molecule has 0 fully saturated rings. The molecule has 0 atom stereocenters. The summed E-state index contributed by atoms with van der Waals surface area (Å²) in [6.45, 7) is 5.85. The number of hydrogen-bond acceptors (Lipinski definition) is 6. The number of rotatable bonds is 3. The van der Waals surface area contributed by atoms with Gasteiger partial charge in [-0.05, 0) is 27.7 Å². The van der Waals surface area contributed by atoms with Crippen LogP contribution in [-0.2, 0) is 0 Å². The Morgan fingerprint density at radius 1 is 1.29 bits per heavy atom. The summed E-state index contributed by atoms with van der Waals surface area (Å²) in [7, 11) is 0. The van der Waals surface area contributed by atoms with Gasteiger partial charge in [0.05, 0.1) is 0 Å². The molecule has 2 aromatic heterocycles. The lowest BCUT2D eigenvalue weighted by atomic mass is 10.2. The summed E-state index contributed by atoms with van der Waals surface area (Å²) in [6.07, 6.45) is 0. The Hall–Kier alpha value is -0.950. The first-order valence-electron chi connectivity index (χ1n) is 5.07. The third-order valence-electron chi connectivity index (χ3n) is 1.90. The van der Waals surface area contributed by atoms with E-state index in [4.69, 9.17) is 4.42 Å². The first kappa shape index (κ1) is 12.5. The molecular weight excluding hydrogens is 304 g/mol. The number of nitrogens with zero attached hydrogens (tertiary/aromatic N) is 4. The fourth-order valence-corrected chi connectivity index (χ4v) is 2.42. The Bertz CT molecular complexity index is 529. The maximum absolute atomic E-state index is 5.29. The van der Waals surface area contributed by atoms with E-state index in [-0.39, 0.29) is 5.92 Å². The van der Waals surface area contributed by atoms with Crippen molar-refractivity contribution in [1.82, 2.24) is 20.2 Å². The van der Waals surface area contributed by atoms with E-state index in [0.29, 0.717) is 11.1 Å². The molecule has 0 amide bonds. The number of halogens is 1. The van der Waals surface area contributed by atoms with E-state index in [1.807, 2.05) is 19.9 Å². The standard InChI is InChI=1S/C10H11BrN4OS/c1-5(2)9-12-7(11)4-8(13-9)17-10-15-14-6(3)16-10/h4-5H,1-3H3. The lowest BCUT2D eigenvalue weighted by Gasteiger charge is -2.05. The molecule has 0 aliphatic carbocycles. The average molecular weight is 315 g/mol. The molecule has 90 valence electrons. The van der Waals surface area contributed by atoms with Crippen molar-refractivity contribution in [3.63, 3.8) is 0 Å². The molecule has 2 rings (SSSR count). The molecule has 0 bridgehead atoms. The molecule has 17 heavy (non-hydrogen) atoms. The van der Waals surface area contributed by atoms with Gasteiger partial charge in [-0.15, -0.1) is 10.2 Å². The predicted molar refractivity (Wildman–Crippen MR) is 67.0 cm³/mol. The van der Waals surface area contributed by atoms with Crippen LogP contribution in [0, 0.1) is 6.92 Å². The molecule has 0 saturated carbocycles. The molecule has 7 heteroatoms. The van der Waals surface area contributed by atoms with E-state index in [9.17, 15) is 0 Å². The van der Waals surface area contributed by atoms with Crippen molar-refractivity contribution in [3.05, 3.63) is 22.4 Å². The van der Waals surface area contributed by atoms with Crippen LogP contribution in [0.4, 0.5) is 0 Å². The van der Waals surface area contributed by atoms with Crippen LogP contribution in [0.3, 0.4) is 0 Å². The van der Waals surface area contributed by atoms with Crippen molar-refractivity contribution in [2.45, 2.75) is 36.9 Å². The molecular formula is C10H11BrN4OS. The molecule has 0 saturated heterocycles. The molecule has 2 aromatic rings. The van der Waals surface area contributed by atoms with Gasteiger partial charge in [0, 0.05) is 18.9 Å². The van der Waals surface area contributed by atoms with Gasteiger partial charge in [-0.1, -0.05) is 13.8 Å². The Morgan fingerprint density at radius 3 is 2.65 bits per heavy atom. The summed E-state index contributed by atoms with van der Waals surface area (Å²) >= 11 is 4.70. The molecule has 0 aliphatic rings. The molecule has 0 aliphatic heterocycles. The van der Waals surface area contributed by atoms with Gasteiger partial charge < -0.3 is 4.42 Å². The van der Waals surface area contributed by atoms with E-state index in [1.54, 1.807) is 6.92 Å². The van der Waals surface area contributed by atoms with Crippen molar-refractivity contribution >= 4 is 27.7 Å². The monoisotopic (exact) mass is 314 g/mol. The van der Waals surface area contributed by atoms with E-state index in [0.717, 1.165) is 15.5 Å². The second-order valence-electron chi connectivity index (χ2n) is 3.73. The third-order valence-corrected chi connectivity index (χ3v) is 3.07. The Balaban J connectivity index is 2.26. The first-order valence-corrected chi connectivity index (χ1v) is 6.68. The molecule has 2 heterocycles. The zero-order valence-corrected chi connectivity index (χ0v) is 12.0. The van der Waals surface area contributed by atoms with Crippen LogP contribution >= 0.6 is 27.7 Å². The number of hydrogen-bond donors (Lipinski definition) is 0. The molecule has 0 N–H and O–H groups in total. The quantitative estimate of drug-likeness (QED) is 0.810. The molecule has 0 aromatic carbocycles. The molecule has 0 radical (unpaired) electrons. The summed E-state index contributed by atoms with van der Waals surface area (Å²) in [4.78, 5) is 8.74. The van der Waals surface area contributed by atoms with Crippen LogP contribution in [0.25, 0.3) is 0 Å². The van der Waals surface area contributed by atoms with E-state index < -0.39 is 0 Å². The van der Waals surface area contributed by atoms with E-state index >= 15 is 0 Å². The highest BCUT2D eigenvalue weighted by molar-refractivity contribution is 9.10. The average Bonchev–Trinajstić information content (AvgIpc) is 2.63. The lowest BCUT2D eigenvalue weighted by molar-refractivity contribution is 0.429. The minimum atomic E-state index is 0.274. The lowest BCUT2D eigenvalue weighted by Crippen LogP contribution is -1.98. The van der Waals surface area contributed by atoms with E-state index in [1.165, 1.54) is 11.8 Å². The molecule has 5 nitrogen and oxygen atoms in total. The highest BCUT2D eigenvalue weighted by Crippen LogP contribution is 2.27. The third kappa shape index (κ3) is 3.26. The van der Waals surface area contributed by atoms with Crippen LogP contribution < -0.4 is 0 Å². The first-order chi connectivity index (χ1) is 8.04. The predicted octanol–water partition coefficient (Wildman–Crippen LogP) is 3.21. The topological polar surface area (TPSA) is 64.7 Å². The smallest absolute Gasteiger partial charge is 0.282 e. The summed E-state index contributed by atoms with van der Waals surface area (Å²) in [5, 5.41) is 8.97. The van der Waals surface area contributed by atoms with Gasteiger partial charge in [0.1, 0.15) is 15.5 Å². The van der Waals surface area contributed by atoms with Crippen molar-refractivity contribution in [1.29, 1.82) is 0 Å². The van der Waals surface area contributed by atoms with Crippen molar-refractivity contribution in [2.24, 2.45) is 0 Å². The fraction of sp³-hybridized carbons (Fsp3) is 0.400. The fourth-order valence-electron chi connectivity index (χ4n) is 1.13. The van der Waals surface area contributed by atoms with Crippen molar-refractivity contribution < 1.29 is 4.42 Å². The summed E-state index contributed by atoms with van der Waals surface area (Å²) in [5.74, 6) is 1.61. The van der Waals surface area contributed by atoms with Crippen LogP contribution in [-0.4, -0.2) is 20.2 Å². The number of aryl methyl sites for hydroxylation is 1. The van der Waals surface area contributed by atoms with Gasteiger partial charge in [-0.25, -0.2) is 9.97 Å². The Labute approximate surface area is 112 Å². The zero-order valence-electron chi connectivity index (χ0n) is 9.64. The van der Waals surface area contributed by atoms with Gasteiger partial charge in [0.2, 0.25) is 5.89 Å². The van der Waals surface area contributed by atoms with Gasteiger partial charge in [-0.3, -0.25) is 0 Å². The normalized spacial score (nSPS) is 11.1. The summed E-state index contributed by atoms with van der Waals surface area (Å²) in [5.41, 5.74) is 0. The van der Waals surface area contributed by atoms with Crippen molar-refractivity contribution in [2.75, 3.05) is 0 Å². The highest BCUT2D eigenvalue weighted by atomic mass is 79.9. The second kappa shape index (κ2) is 5.14. The van der Waals surface area contributed by atoms with Gasteiger partial charge in [0.25, 0.3) is 5.22 Å². The molecule has 0 spiro atoms.